The van der Waals surface area contributed by atoms with Gasteiger partial charge in [-0.2, -0.15) is 0 Å². The van der Waals surface area contributed by atoms with Crippen LogP contribution in [0.3, 0.4) is 0 Å². The molecule has 2 aliphatic rings. The highest BCUT2D eigenvalue weighted by atomic mass is 16.5. The lowest BCUT2D eigenvalue weighted by Gasteiger charge is -2.55. The molecule has 2 atom stereocenters. The van der Waals surface area contributed by atoms with Gasteiger partial charge in [0.25, 0.3) is 0 Å². The summed E-state index contributed by atoms with van der Waals surface area (Å²) >= 11 is 0. The smallest absolute Gasteiger partial charge is 0.305 e. The molecule has 1 aromatic rings. The van der Waals surface area contributed by atoms with Crippen molar-refractivity contribution in [3.8, 4) is 11.5 Å². The lowest BCUT2D eigenvalue weighted by molar-refractivity contribution is -0.140. The monoisotopic (exact) mass is 414 g/mol. The van der Waals surface area contributed by atoms with E-state index in [1.807, 2.05) is 6.07 Å². The van der Waals surface area contributed by atoms with E-state index in [0.29, 0.717) is 12.2 Å². The van der Waals surface area contributed by atoms with E-state index in [-0.39, 0.29) is 28.3 Å². The number of hydrogen-bond donors (Lipinski definition) is 1. The SMILES string of the molecule is COC(=O)CCCCC(C)(C)c1cc(O)c2c(c1)OC(C)(C)[C@]1(C)CC=C(C)C[C@@H]21. The molecule has 0 radical (unpaired) electrons. The van der Waals surface area contributed by atoms with Gasteiger partial charge in [-0.05, 0) is 69.6 Å². The Morgan fingerprint density at radius 3 is 2.63 bits per heavy atom. The Bertz CT molecular complexity index is 849. The molecule has 0 saturated carbocycles. The molecular formula is C26H38O4. The van der Waals surface area contributed by atoms with Gasteiger partial charge in [0.2, 0.25) is 0 Å². The van der Waals surface area contributed by atoms with Crippen LogP contribution in [0, 0.1) is 5.41 Å². The van der Waals surface area contributed by atoms with Crippen LogP contribution in [0.1, 0.15) is 97.1 Å². The van der Waals surface area contributed by atoms with E-state index in [0.717, 1.165) is 49.0 Å². The van der Waals surface area contributed by atoms with Crippen LogP contribution >= 0.6 is 0 Å². The molecule has 0 amide bonds. The Balaban J connectivity index is 1.89. The zero-order valence-electron chi connectivity index (χ0n) is 19.7. The van der Waals surface area contributed by atoms with Gasteiger partial charge in [-0.1, -0.05) is 38.8 Å². The summed E-state index contributed by atoms with van der Waals surface area (Å²) in [5.41, 5.74) is 2.93. The average molecular weight is 415 g/mol. The molecule has 30 heavy (non-hydrogen) atoms. The predicted octanol–water partition coefficient (Wildman–Crippen LogP) is 6.40. The second-order valence-corrected chi connectivity index (χ2v) is 10.6. The maximum atomic E-state index is 11.4. The number of benzene rings is 1. The number of hydrogen-bond acceptors (Lipinski definition) is 4. The molecule has 0 bridgehead atoms. The summed E-state index contributed by atoms with van der Waals surface area (Å²) in [5.74, 6) is 1.27. The molecule has 0 aromatic heterocycles. The molecule has 0 spiro atoms. The van der Waals surface area contributed by atoms with E-state index < -0.39 is 0 Å². The number of carbonyl (C=O) groups is 1. The van der Waals surface area contributed by atoms with Crippen molar-refractivity contribution in [3.05, 3.63) is 34.9 Å². The normalized spacial score (nSPS) is 24.9. The standard InChI is InChI=1S/C26H38O4/c1-17-11-13-26(6)19(14-17)23-20(27)15-18(16-21(23)30-25(26,4)5)24(2,3)12-9-8-10-22(28)29-7/h11,15-16,19,27H,8-10,12-14H2,1-7H3/t19-,26+/m0/s1. The van der Waals surface area contributed by atoms with E-state index in [4.69, 9.17) is 9.47 Å². The first-order chi connectivity index (χ1) is 13.9. The molecular weight excluding hydrogens is 376 g/mol. The summed E-state index contributed by atoms with van der Waals surface area (Å²) in [6.07, 6.45) is 7.36. The highest BCUT2D eigenvalue weighted by Gasteiger charge is 2.54. The van der Waals surface area contributed by atoms with Crippen LogP contribution in [0.15, 0.2) is 23.8 Å². The fraction of sp³-hybridized carbons (Fsp3) is 0.654. The van der Waals surface area contributed by atoms with Crippen molar-refractivity contribution >= 4 is 5.97 Å². The molecule has 4 heteroatoms. The number of fused-ring (bicyclic) bond motifs is 3. The summed E-state index contributed by atoms with van der Waals surface area (Å²) in [6.45, 7) is 13.2. The number of allylic oxidation sites excluding steroid dienone is 2. The van der Waals surface area contributed by atoms with Crippen LogP contribution < -0.4 is 4.74 Å². The van der Waals surface area contributed by atoms with Gasteiger partial charge in [0.15, 0.2) is 0 Å². The third-order valence-corrected chi connectivity index (χ3v) is 7.82. The van der Waals surface area contributed by atoms with Crippen molar-refractivity contribution in [2.24, 2.45) is 5.41 Å². The van der Waals surface area contributed by atoms with Crippen LogP contribution in [0.5, 0.6) is 11.5 Å². The molecule has 4 nitrogen and oxygen atoms in total. The molecule has 1 heterocycles. The molecule has 1 aliphatic carbocycles. The van der Waals surface area contributed by atoms with Crippen molar-refractivity contribution in [1.29, 1.82) is 0 Å². The van der Waals surface area contributed by atoms with Gasteiger partial charge in [0.05, 0.1) is 7.11 Å². The van der Waals surface area contributed by atoms with Crippen molar-refractivity contribution in [2.75, 3.05) is 7.11 Å². The molecule has 1 aromatic carbocycles. The minimum atomic E-state index is -0.322. The van der Waals surface area contributed by atoms with Crippen LogP contribution in [0.2, 0.25) is 0 Å². The summed E-state index contributed by atoms with van der Waals surface area (Å²) < 4.78 is 11.3. The fourth-order valence-corrected chi connectivity index (χ4v) is 5.16. The first kappa shape index (κ1) is 22.7. The number of aromatic hydroxyl groups is 1. The van der Waals surface area contributed by atoms with E-state index in [2.05, 4.69) is 53.7 Å². The Kier molecular flexibility index (Phi) is 6.01. The van der Waals surface area contributed by atoms with Crippen LogP contribution in [-0.4, -0.2) is 23.8 Å². The summed E-state index contributed by atoms with van der Waals surface area (Å²) in [6, 6.07) is 4.08. The van der Waals surface area contributed by atoms with Gasteiger partial charge >= 0.3 is 5.97 Å². The molecule has 0 unspecified atom stereocenters. The van der Waals surface area contributed by atoms with Crippen molar-refractivity contribution in [1.82, 2.24) is 0 Å². The molecule has 0 fully saturated rings. The number of esters is 1. The average Bonchev–Trinajstić information content (AvgIpc) is 2.66. The van der Waals surface area contributed by atoms with Crippen LogP contribution in [0.4, 0.5) is 0 Å². The zero-order chi connectivity index (χ0) is 22.3. The van der Waals surface area contributed by atoms with E-state index in [1.54, 1.807) is 0 Å². The van der Waals surface area contributed by atoms with Gasteiger partial charge in [0, 0.05) is 23.3 Å². The van der Waals surface area contributed by atoms with Crippen molar-refractivity contribution in [2.45, 2.75) is 97.0 Å². The van der Waals surface area contributed by atoms with Gasteiger partial charge in [0.1, 0.15) is 17.1 Å². The summed E-state index contributed by atoms with van der Waals surface area (Å²) in [4.78, 5) is 11.4. The van der Waals surface area contributed by atoms with Gasteiger partial charge < -0.3 is 14.6 Å². The molecule has 166 valence electrons. The first-order valence-corrected chi connectivity index (χ1v) is 11.2. The van der Waals surface area contributed by atoms with E-state index in [9.17, 15) is 9.90 Å². The Labute approximate surface area is 181 Å². The number of phenolic OH excluding ortho intramolecular Hbond substituents is 1. The Morgan fingerprint density at radius 1 is 1.27 bits per heavy atom. The van der Waals surface area contributed by atoms with Crippen molar-refractivity contribution < 1.29 is 19.4 Å². The van der Waals surface area contributed by atoms with Crippen LogP contribution in [-0.2, 0) is 14.9 Å². The summed E-state index contributed by atoms with van der Waals surface area (Å²) in [7, 11) is 1.43. The first-order valence-electron chi connectivity index (χ1n) is 11.2. The van der Waals surface area contributed by atoms with Crippen molar-refractivity contribution in [3.63, 3.8) is 0 Å². The molecule has 1 aliphatic heterocycles. The highest BCUT2D eigenvalue weighted by molar-refractivity contribution is 5.69. The van der Waals surface area contributed by atoms with E-state index >= 15 is 0 Å². The van der Waals surface area contributed by atoms with Gasteiger partial charge in [-0.3, -0.25) is 4.79 Å². The fourth-order valence-electron chi connectivity index (χ4n) is 5.16. The topological polar surface area (TPSA) is 55.8 Å². The summed E-state index contributed by atoms with van der Waals surface area (Å²) in [5, 5.41) is 11.1. The van der Waals surface area contributed by atoms with Gasteiger partial charge in [-0.15, -0.1) is 0 Å². The van der Waals surface area contributed by atoms with Crippen LogP contribution in [0.25, 0.3) is 0 Å². The second-order valence-electron chi connectivity index (χ2n) is 10.6. The third kappa shape index (κ3) is 3.98. The van der Waals surface area contributed by atoms with Gasteiger partial charge in [-0.25, -0.2) is 0 Å². The number of methoxy groups -OCH3 is 1. The Morgan fingerprint density at radius 2 is 1.97 bits per heavy atom. The Hall–Kier alpha value is -1.97. The maximum absolute atomic E-state index is 11.4. The largest absolute Gasteiger partial charge is 0.508 e. The zero-order valence-corrected chi connectivity index (χ0v) is 19.7. The van der Waals surface area contributed by atoms with E-state index in [1.165, 1.54) is 12.7 Å². The molecule has 3 rings (SSSR count). The third-order valence-electron chi connectivity index (χ3n) is 7.82. The predicted molar refractivity (Wildman–Crippen MR) is 120 cm³/mol. The lowest BCUT2D eigenvalue weighted by Crippen LogP contribution is -2.53. The molecule has 0 saturated heterocycles. The quantitative estimate of drug-likeness (QED) is 0.332. The maximum Gasteiger partial charge on any atom is 0.305 e. The number of unbranched alkanes of at least 4 members (excludes halogenated alkanes) is 1. The molecule has 1 N–H and O–H groups in total. The number of phenols is 1. The minimum absolute atomic E-state index is 0.0537. The number of ether oxygens (including phenoxy) is 2. The second kappa shape index (κ2) is 7.94. The number of rotatable bonds is 6. The lowest BCUT2D eigenvalue weighted by atomic mass is 9.56. The number of carbonyl (C=O) groups excluding carboxylic acids is 1. The highest BCUT2D eigenvalue weighted by Crippen LogP contribution is 2.61. The minimum Gasteiger partial charge on any atom is -0.508 e.